The number of allylic oxidation sites excluding steroid dienone is 3. The van der Waals surface area contributed by atoms with Gasteiger partial charge < -0.3 is 24.1 Å². The van der Waals surface area contributed by atoms with Gasteiger partial charge in [0, 0.05) is 12.3 Å². The number of benzene rings is 1. The molecule has 0 saturated carbocycles. The van der Waals surface area contributed by atoms with Crippen molar-refractivity contribution < 1.29 is 24.1 Å². The molecule has 0 amide bonds. The second kappa shape index (κ2) is 7.63. The van der Waals surface area contributed by atoms with Crippen LogP contribution in [-0.2, 0) is 14.2 Å². The molecule has 0 heterocycles. The predicted molar refractivity (Wildman–Crippen MR) is 87.9 cm³/mol. The fourth-order valence-corrected chi connectivity index (χ4v) is 2.49. The molecule has 0 aromatic heterocycles. The molecule has 0 fully saturated rings. The molecule has 23 heavy (non-hydrogen) atoms. The Hall–Kier alpha value is -2.56. The molecule has 124 valence electrons. The maximum absolute atomic E-state index is 9.82. The van der Waals surface area contributed by atoms with E-state index in [1.54, 1.807) is 33.5 Å². The fraction of sp³-hybridized carbons (Fsp3) is 0.333. The van der Waals surface area contributed by atoms with Gasteiger partial charge in [-0.1, -0.05) is 18.2 Å². The van der Waals surface area contributed by atoms with Crippen molar-refractivity contribution in [2.75, 3.05) is 28.4 Å². The number of phenols is 1. The maximum Gasteiger partial charge on any atom is 0.198 e. The van der Waals surface area contributed by atoms with Crippen LogP contribution < -0.4 is 4.74 Å². The Morgan fingerprint density at radius 3 is 2.39 bits per heavy atom. The highest BCUT2D eigenvalue weighted by Gasteiger charge is 2.23. The van der Waals surface area contributed by atoms with Crippen molar-refractivity contribution in [3.05, 3.63) is 53.2 Å². The summed E-state index contributed by atoms with van der Waals surface area (Å²) < 4.78 is 21.1. The molecule has 1 unspecified atom stereocenters. The Morgan fingerprint density at radius 2 is 1.83 bits per heavy atom. The van der Waals surface area contributed by atoms with Crippen LogP contribution in [0.2, 0.25) is 0 Å². The highest BCUT2D eigenvalue weighted by atomic mass is 16.5. The van der Waals surface area contributed by atoms with Gasteiger partial charge >= 0.3 is 0 Å². The Balaban J connectivity index is 2.19. The van der Waals surface area contributed by atoms with Gasteiger partial charge in [0.25, 0.3) is 0 Å². The van der Waals surface area contributed by atoms with Crippen molar-refractivity contribution in [3.8, 4) is 11.5 Å². The minimum atomic E-state index is 0.114. The van der Waals surface area contributed by atoms with E-state index in [-0.39, 0.29) is 11.7 Å². The van der Waals surface area contributed by atoms with Crippen LogP contribution in [0.5, 0.6) is 11.5 Å². The summed E-state index contributed by atoms with van der Waals surface area (Å²) >= 11 is 0. The monoisotopic (exact) mass is 318 g/mol. The SMILES string of the molecule is COC1=CC(/C=C\c2ccc(OC)c(O)c2)CC(OC)=C1OC. The van der Waals surface area contributed by atoms with Crippen molar-refractivity contribution in [2.45, 2.75) is 6.42 Å². The van der Waals surface area contributed by atoms with Crippen molar-refractivity contribution in [1.82, 2.24) is 0 Å². The van der Waals surface area contributed by atoms with Gasteiger partial charge in [-0.15, -0.1) is 0 Å². The van der Waals surface area contributed by atoms with Crippen LogP contribution in [0.25, 0.3) is 6.08 Å². The minimum absolute atomic E-state index is 0.114. The van der Waals surface area contributed by atoms with E-state index in [1.807, 2.05) is 24.3 Å². The molecule has 1 aromatic rings. The van der Waals surface area contributed by atoms with Gasteiger partial charge in [0.05, 0.1) is 28.4 Å². The molecule has 0 saturated heterocycles. The van der Waals surface area contributed by atoms with E-state index >= 15 is 0 Å². The number of ether oxygens (including phenoxy) is 4. The molecule has 0 aliphatic heterocycles. The molecule has 1 N–H and O–H groups in total. The summed E-state index contributed by atoms with van der Waals surface area (Å²) in [5, 5.41) is 9.82. The van der Waals surface area contributed by atoms with Crippen LogP contribution in [0.15, 0.2) is 47.6 Å². The Morgan fingerprint density at radius 1 is 1.04 bits per heavy atom. The molecule has 0 spiro atoms. The van der Waals surface area contributed by atoms with Gasteiger partial charge in [-0.25, -0.2) is 0 Å². The Bertz CT molecular complexity index is 643. The number of aromatic hydroxyl groups is 1. The highest BCUT2D eigenvalue weighted by molar-refractivity contribution is 5.56. The quantitative estimate of drug-likeness (QED) is 0.870. The number of rotatable bonds is 6. The van der Waals surface area contributed by atoms with E-state index in [0.29, 0.717) is 23.7 Å². The second-order valence-electron chi connectivity index (χ2n) is 5.05. The molecular weight excluding hydrogens is 296 g/mol. The first-order valence-corrected chi connectivity index (χ1v) is 7.25. The lowest BCUT2D eigenvalue weighted by molar-refractivity contribution is 0.169. The van der Waals surface area contributed by atoms with Crippen LogP contribution >= 0.6 is 0 Å². The Labute approximate surface area is 136 Å². The molecule has 5 nitrogen and oxygen atoms in total. The molecule has 1 aliphatic rings. The summed E-state index contributed by atoms with van der Waals surface area (Å²) in [7, 11) is 6.34. The topological polar surface area (TPSA) is 57.2 Å². The highest BCUT2D eigenvalue weighted by Crippen LogP contribution is 2.32. The third-order valence-electron chi connectivity index (χ3n) is 3.67. The fourth-order valence-electron chi connectivity index (χ4n) is 2.49. The van der Waals surface area contributed by atoms with Gasteiger partial charge in [0.1, 0.15) is 5.76 Å². The largest absolute Gasteiger partial charge is 0.504 e. The van der Waals surface area contributed by atoms with Gasteiger partial charge in [-0.05, 0) is 23.8 Å². The van der Waals surface area contributed by atoms with Gasteiger partial charge in [-0.3, -0.25) is 0 Å². The molecule has 2 rings (SSSR count). The van der Waals surface area contributed by atoms with E-state index in [9.17, 15) is 5.11 Å². The predicted octanol–water partition coefficient (Wildman–Crippen LogP) is 3.47. The summed E-state index contributed by atoms with van der Waals surface area (Å²) in [5.41, 5.74) is 0.885. The molecule has 5 heteroatoms. The van der Waals surface area contributed by atoms with E-state index in [0.717, 1.165) is 11.3 Å². The van der Waals surface area contributed by atoms with Crippen molar-refractivity contribution in [1.29, 1.82) is 0 Å². The smallest absolute Gasteiger partial charge is 0.198 e. The summed E-state index contributed by atoms with van der Waals surface area (Å²) in [6.07, 6.45) is 6.65. The maximum atomic E-state index is 9.82. The summed E-state index contributed by atoms with van der Waals surface area (Å²) in [6, 6.07) is 5.27. The first-order valence-electron chi connectivity index (χ1n) is 7.25. The summed E-state index contributed by atoms with van der Waals surface area (Å²) in [4.78, 5) is 0. The Kier molecular flexibility index (Phi) is 5.57. The average molecular weight is 318 g/mol. The molecule has 0 radical (unpaired) electrons. The summed E-state index contributed by atoms with van der Waals surface area (Å²) in [6.45, 7) is 0. The average Bonchev–Trinajstić information content (AvgIpc) is 2.58. The first kappa shape index (κ1) is 16.8. The zero-order valence-electron chi connectivity index (χ0n) is 13.8. The normalized spacial score (nSPS) is 17.9. The second-order valence-corrected chi connectivity index (χ2v) is 5.05. The number of phenolic OH excluding ortho intramolecular Hbond substituents is 1. The van der Waals surface area contributed by atoms with Gasteiger partial charge in [-0.2, -0.15) is 0 Å². The van der Waals surface area contributed by atoms with Crippen LogP contribution in [0, 0.1) is 5.92 Å². The van der Waals surface area contributed by atoms with Crippen molar-refractivity contribution >= 4 is 6.08 Å². The first-order chi connectivity index (χ1) is 11.1. The van der Waals surface area contributed by atoms with Crippen molar-refractivity contribution in [2.24, 2.45) is 5.92 Å². The van der Waals surface area contributed by atoms with Crippen LogP contribution in [-0.4, -0.2) is 33.5 Å². The van der Waals surface area contributed by atoms with Gasteiger partial charge in [0.2, 0.25) is 0 Å². The molecule has 0 bridgehead atoms. The van der Waals surface area contributed by atoms with E-state index < -0.39 is 0 Å². The lowest BCUT2D eigenvalue weighted by atomic mass is 9.96. The standard InChI is InChI=1S/C18H22O5/c1-20-15-8-7-12(9-14(15)19)5-6-13-10-16(21-2)18(23-4)17(11-13)22-3/h5-10,13,19H,11H2,1-4H3/b6-5-. The van der Waals surface area contributed by atoms with Crippen LogP contribution in [0.3, 0.4) is 0 Å². The number of methoxy groups -OCH3 is 4. The number of hydrogen-bond acceptors (Lipinski definition) is 5. The third kappa shape index (κ3) is 3.80. The summed E-state index contributed by atoms with van der Waals surface area (Å²) in [5.74, 6) is 2.72. The van der Waals surface area contributed by atoms with Crippen LogP contribution in [0.4, 0.5) is 0 Å². The zero-order chi connectivity index (χ0) is 16.8. The van der Waals surface area contributed by atoms with E-state index in [2.05, 4.69) is 0 Å². The van der Waals surface area contributed by atoms with Crippen LogP contribution in [0.1, 0.15) is 12.0 Å². The molecular formula is C18H22O5. The van der Waals surface area contributed by atoms with Gasteiger partial charge in [0.15, 0.2) is 23.0 Å². The molecule has 1 aromatic carbocycles. The number of hydrogen-bond donors (Lipinski definition) is 1. The molecule has 1 atom stereocenters. The van der Waals surface area contributed by atoms with E-state index in [4.69, 9.17) is 18.9 Å². The third-order valence-corrected chi connectivity index (χ3v) is 3.67. The minimum Gasteiger partial charge on any atom is -0.504 e. The zero-order valence-corrected chi connectivity index (χ0v) is 13.8. The lowest BCUT2D eigenvalue weighted by Crippen LogP contribution is -2.12. The molecule has 1 aliphatic carbocycles. The lowest BCUT2D eigenvalue weighted by Gasteiger charge is -2.22. The van der Waals surface area contributed by atoms with E-state index in [1.165, 1.54) is 7.11 Å². The van der Waals surface area contributed by atoms with Crippen molar-refractivity contribution in [3.63, 3.8) is 0 Å².